The van der Waals surface area contributed by atoms with Gasteiger partial charge >= 0.3 is 5.97 Å². The summed E-state index contributed by atoms with van der Waals surface area (Å²) in [7, 11) is 0. The van der Waals surface area contributed by atoms with Crippen LogP contribution in [0.15, 0.2) is 113 Å². The first-order chi connectivity index (χ1) is 16.7. The first-order valence-electron chi connectivity index (χ1n) is 11.2. The van der Waals surface area contributed by atoms with E-state index in [9.17, 15) is 9.59 Å². The summed E-state index contributed by atoms with van der Waals surface area (Å²) in [5.41, 5.74) is 0. The Hall–Kier alpha value is -2.69. The van der Waals surface area contributed by atoms with Gasteiger partial charge in [0.05, 0.1) is 6.61 Å². The second kappa shape index (κ2) is 13.3. The lowest BCUT2D eigenvalue weighted by molar-refractivity contribution is -0.135. The SMILES string of the molecule is CCOC(=O)C(C(=O)/C=C/CC/C=C\I)=P(c1ccccc1)(c1ccccc1)c1ccccc1. The number of hydrogen-bond donors (Lipinski definition) is 0. The van der Waals surface area contributed by atoms with Gasteiger partial charge in [0.2, 0.25) is 0 Å². The molecule has 0 N–H and O–H groups in total. The molecule has 34 heavy (non-hydrogen) atoms. The molecule has 3 aromatic carbocycles. The fourth-order valence-electron chi connectivity index (χ4n) is 3.92. The highest BCUT2D eigenvalue weighted by molar-refractivity contribution is 14.1. The summed E-state index contributed by atoms with van der Waals surface area (Å²) in [5, 5.41) is 3.00. The number of carbonyl (C=O) groups excluding carboxylic acids is 2. The van der Waals surface area contributed by atoms with E-state index in [1.165, 1.54) is 6.08 Å². The van der Waals surface area contributed by atoms with E-state index >= 15 is 0 Å². The zero-order chi connectivity index (χ0) is 24.2. The zero-order valence-corrected chi connectivity index (χ0v) is 22.2. The van der Waals surface area contributed by atoms with Gasteiger partial charge in [0, 0.05) is 0 Å². The summed E-state index contributed by atoms with van der Waals surface area (Å²) in [4.78, 5) is 27.4. The molecular formula is C29H28IO3P. The topological polar surface area (TPSA) is 43.4 Å². The highest BCUT2D eigenvalue weighted by atomic mass is 127. The zero-order valence-electron chi connectivity index (χ0n) is 19.1. The summed E-state index contributed by atoms with van der Waals surface area (Å²) in [6, 6.07) is 29.6. The Morgan fingerprint density at radius 2 is 1.21 bits per heavy atom. The third kappa shape index (κ3) is 5.86. The number of esters is 1. The molecule has 0 fully saturated rings. The van der Waals surface area contributed by atoms with Gasteiger partial charge in [0.1, 0.15) is 5.29 Å². The highest BCUT2D eigenvalue weighted by Crippen LogP contribution is 2.46. The van der Waals surface area contributed by atoms with E-state index in [0.717, 1.165) is 28.8 Å². The van der Waals surface area contributed by atoms with Gasteiger partial charge in [-0.1, -0.05) is 126 Å². The van der Waals surface area contributed by atoms with E-state index in [0.29, 0.717) is 0 Å². The molecule has 0 atom stereocenters. The van der Waals surface area contributed by atoms with Crippen molar-refractivity contribution >= 4 is 62.4 Å². The summed E-state index contributed by atoms with van der Waals surface area (Å²) in [6.45, 7) is -0.884. The van der Waals surface area contributed by atoms with Gasteiger partial charge in [-0.05, 0) is 52.7 Å². The maximum atomic E-state index is 13.8. The van der Waals surface area contributed by atoms with E-state index in [4.69, 9.17) is 4.74 Å². The number of carbonyl (C=O) groups is 2. The molecule has 3 aromatic rings. The lowest BCUT2D eigenvalue weighted by atomic mass is 10.2. The first kappa shape index (κ1) is 25.9. The van der Waals surface area contributed by atoms with Gasteiger partial charge in [-0.3, -0.25) is 4.79 Å². The van der Waals surface area contributed by atoms with Crippen molar-refractivity contribution in [2.75, 3.05) is 6.61 Å². The Morgan fingerprint density at radius 1 is 0.765 bits per heavy atom. The van der Waals surface area contributed by atoms with Gasteiger partial charge < -0.3 is 4.74 Å². The van der Waals surface area contributed by atoms with Crippen LogP contribution in [0.3, 0.4) is 0 Å². The van der Waals surface area contributed by atoms with Crippen molar-refractivity contribution in [1.82, 2.24) is 0 Å². The number of ether oxygens (including phenoxy) is 1. The maximum absolute atomic E-state index is 13.8. The standard InChI is InChI=1S/C29H28IO3P/c1-2-33-29(32)28(27(31)22-14-3-4-15-23-30)34(24-16-8-5-9-17-24,25-18-10-6-11-19-25)26-20-12-7-13-21-26/h5-23H,2-4H2,1H3/b22-14+,23-15-. The van der Waals surface area contributed by atoms with Crippen LogP contribution >= 0.6 is 29.5 Å². The van der Waals surface area contributed by atoms with Crippen LogP contribution in [-0.4, -0.2) is 23.7 Å². The molecule has 0 radical (unpaired) electrons. The van der Waals surface area contributed by atoms with Crippen molar-refractivity contribution in [3.8, 4) is 0 Å². The van der Waals surface area contributed by atoms with Gasteiger partial charge in [-0.15, -0.1) is 0 Å². The quantitative estimate of drug-likeness (QED) is 0.0785. The van der Waals surface area contributed by atoms with Crippen LogP contribution in [0.5, 0.6) is 0 Å². The number of halogens is 1. The largest absolute Gasteiger partial charge is 0.462 e. The molecule has 3 rings (SSSR count). The average molecular weight is 582 g/mol. The fraction of sp³-hybridized carbons (Fsp3) is 0.138. The molecule has 0 amide bonds. The van der Waals surface area contributed by atoms with Crippen LogP contribution in [0.25, 0.3) is 0 Å². The third-order valence-corrected chi connectivity index (χ3v) is 10.1. The number of hydrogen-bond acceptors (Lipinski definition) is 3. The smallest absolute Gasteiger partial charge is 0.343 e. The van der Waals surface area contributed by atoms with Crippen LogP contribution in [0, 0.1) is 0 Å². The van der Waals surface area contributed by atoms with Crippen molar-refractivity contribution in [2.45, 2.75) is 19.8 Å². The van der Waals surface area contributed by atoms with E-state index in [1.807, 2.05) is 107 Å². The van der Waals surface area contributed by atoms with Gasteiger partial charge in [0.15, 0.2) is 5.78 Å². The first-order valence-corrected chi connectivity index (χ1v) is 14.3. The molecule has 0 aromatic heterocycles. The Bertz CT molecular complexity index is 1100. The number of unbranched alkanes of at least 4 members (excludes halogenated alkanes) is 1. The number of rotatable bonds is 10. The molecule has 0 heterocycles. The van der Waals surface area contributed by atoms with Crippen molar-refractivity contribution in [2.24, 2.45) is 0 Å². The van der Waals surface area contributed by atoms with E-state index < -0.39 is 12.9 Å². The summed E-state index contributed by atoms with van der Waals surface area (Å²) < 4.78 is 7.48. The number of ketones is 1. The lowest BCUT2D eigenvalue weighted by Crippen LogP contribution is -2.37. The molecule has 0 spiro atoms. The molecule has 0 saturated heterocycles. The molecule has 3 nitrogen and oxygen atoms in total. The Balaban J connectivity index is 2.45. The highest BCUT2D eigenvalue weighted by Gasteiger charge is 2.36. The summed E-state index contributed by atoms with van der Waals surface area (Å²) in [5.74, 6) is -0.865. The van der Waals surface area contributed by atoms with E-state index in [1.54, 1.807) is 6.92 Å². The second-order valence-corrected chi connectivity index (χ2v) is 11.5. The number of benzene rings is 3. The molecule has 0 bridgehead atoms. The van der Waals surface area contributed by atoms with Crippen LogP contribution in [0.1, 0.15) is 19.8 Å². The minimum absolute atomic E-state index is 0.193. The molecule has 0 aliphatic rings. The Morgan fingerprint density at radius 3 is 1.62 bits per heavy atom. The number of allylic oxidation sites excluding steroid dienone is 3. The molecular weight excluding hydrogens is 554 g/mol. The van der Waals surface area contributed by atoms with Crippen molar-refractivity contribution in [3.05, 3.63) is 113 Å². The van der Waals surface area contributed by atoms with Crippen molar-refractivity contribution < 1.29 is 14.3 Å². The predicted molar refractivity (Wildman–Crippen MR) is 153 cm³/mol. The van der Waals surface area contributed by atoms with Gasteiger partial charge in [0.25, 0.3) is 0 Å². The molecule has 174 valence electrons. The summed E-state index contributed by atoms with van der Waals surface area (Å²) >= 11 is 2.18. The van der Waals surface area contributed by atoms with Crippen molar-refractivity contribution in [3.63, 3.8) is 0 Å². The molecule has 5 heteroatoms. The normalized spacial score (nSPS) is 11.6. The lowest BCUT2D eigenvalue weighted by Gasteiger charge is -2.31. The second-order valence-electron chi connectivity index (χ2n) is 7.45. The Labute approximate surface area is 215 Å². The average Bonchev–Trinajstić information content (AvgIpc) is 2.88. The van der Waals surface area contributed by atoms with Crippen molar-refractivity contribution in [1.29, 1.82) is 0 Å². The molecule has 0 aliphatic carbocycles. The monoisotopic (exact) mass is 582 g/mol. The molecule has 0 unspecified atom stereocenters. The van der Waals surface area contributed by atoms with Crippen LogP contribution < -0.4 is 15.9 Å². The molecule has 0 saturated carbocycles. The van der Waals surface area contributed by atoms with E-state index in [2.05, 4.69) is 22.6 Å². The van der Waals surface area contributed by atoms with Gasteiger partial charge in [-0.2, -0.15) is 0 Å². The maximum Gasteiger partial charge on any atom is 0.343 e. The van der Waals surface area contributed by atoms with Crippen LogP contribution in [-0.2, 0) is 14.3 Å². The van der Waals surface area contributed by atoms with Crippen LogP contribution in [0.4, 0.5) is 0 Å². The third-order valence-electron chi connectivity index (χ3n) is 5.33. The minimum Gasteiger partial charge on any atom is -0.462 e. The molecule has 0 aliphatic heterocycles. The van der Waals surface area contributed by atoms with Gasteiger partial charge in [-0.25, -0.2) is 4.79 Å². The fourth-order valence-corrected chi connectivity index (χ4v) is 8.55. The Kier molecular flexibility index (Phi) is 10.1. The van der Waals surface area contributed by atoms with E-state index in [-0.39, 0.29) is 17.7 Å². The minimum atomic E-state index is -2.84. The van der Waals surface area contributed by atoms with Crippen LogP contribution in [0.2, 0.25) is 0 Å². The summed E-state index contributed by atoms with van der Waals surface area (Å²) in [6.07, 6.45) is 6.97. The predicted octanol–water partition coefficient (Wildman–Crippen LogP) is 5.57.